The molecule has 0 saturated carbocycles. The summed E-state index contributed by atoms with van der Waals surface area (Å²) in [6.07, 6.45) is 3.27. The van der Waals surface area contributed by atoms with Crippen LogP contribution in [0.3, 0.4) is 0 Å². The van der Waals surface area contributed by atoms with E-state index in [2.05, 4.69) is 46.1 Å². The summed E-state index contributed by atoms with van der Waals surface area (Å²) in [4.78, 5) is 14.2. The van der Waals surface area contributed by atoms with Gasteiger partial charge in [0, 0.05) is 28.8 Å². The van der Waals surface area contributed by atoms with E-state index in [9.17, 15) is 4.79 Å². The molecule has 5 nitrogen and oxygen atoms in total. The van der Waals surface area contributed by atoms with E-state index in [0.717, 1.165) is 50.3 Å². The average molecular weight is 493 g/mol. The highest BCUT2D eigenvalue weighted by atomic mass is 127. The predicted molar refractivity (Wildman–Crippen MR) is 115 cm³/mol. The zero-order valence-corrected chi connectivity index (χ0v) is 17.9. The smallest absolute Gasteiger partial charge is 0.252 e. The van der Waals surface area contributed by atoms with Gasteiger partial charge in [-0.15, -0.1) is 0 Å². The zero-order valence-electron chi connectivity index (χ0n) is 14.9. The Morgan fingerprint density at radius 3 is 2.93 bits per heavy atom. The van der Waals surface area contributed by atoms with Gasteiger partial charge in [0.25, 0.3) is 5.91 Å². The molecule has 1 aliphatic rings. The van der Waals surface area contributed by atoms with Gasteiger partial charge in [0.1, 0.15) is 3.70 Å². The Morgan fingerprint density at radius 2 is 2.15 bits per heavy atom. The van der Waals surface area contributed by atoms with Gasteiger partial charge in [-0.25, -0.2) is 4.68 Å². The summed E-state index contributed by atoms with van der Waals surface area (Å²) in [7, 11) is 1.65. The number of benzene rings is 2. The monoisotopic (exact) mass is 493 g/mol. The second kappa shape index (κ2) is 8.20. The van der Waals surface area contributed by atoms with Gasteiger partial charge in [-0.1, -0.05) is 23.9 Å². The van der Waals surface area contributed by atoms with E-state index < -0.39 is 0 Å². The van der Waals surface area contributed by atoms with E-state index in [0.29, 0.717) is 5.56 Å². The lowest BCUT2D eigenvalue weighted by atomic mass is 10.2. The van der Waals surface area contributed by atoms with Crippen LogP contribution in [0, 0.1) is 3.70 Å². The molecule has 2 heterocycles. The fraction of sp³-hybridized carbons (Fsp3) is 0.300. The minimum atomic E-state index is -0.0747. The van der Waals surface area contributed by atoms with Gasteiger partial charge in [-0.05, 0) is 72.2 Å². The maximum atomic E-state index is 12.1. The number of hydrogen-bond donors (Lipinski definition) is 1. The summed E-state index contributed by atoms with van der Waals surface area (Å²) in [5.41, 5.74) is 1.76. The van der Waals surface area contributed by atoms with Crippen LogP contribution in [0.4, 0.5) is 0 Å². The average Bonchev–Trinajstić information content (AvgIpc) is 3.04. The zero-order chi connectivity index (χ0) is 18.8. The molecule has 1 atom stereocenters. The van der Waals surface area contributed by atoms with Crippen molar-refractivity contribution in [1.82, 2.24) is 15.1 Å². The molecule has 1 unspecified atom stereocenters. The Morgan fingerprint density at radius 1 is 1.30 bits per heavy atom. The molecule has 7 heteroatoms. The second-order valence-electron chi connectivity index (χ2n) is 6.41. The van der Waals surface area contributed by atoms with Crippen molar-refractivity contribution in [1.29, 1.82) is 0 Å². The van der Waals surface area contributed by atoms with Crippen molar-refractivity contribution in [3.63, 3.8) is 0 Å². The Balaban J connectivity index is 1.71. The minimum Gasteiger partial charge on any atom is -0.356 e. The van der Waals surface area contributed by atoms with E-state index in [1.807, 2.05) is 28.9 Å². The van der Waals surface area contributed by atoms with Gasteiger partial charge < -0.3 is 10.1 Å². The lowest BCUT2D eigenvalue weighted by Gasteiger charge is -2.23. The molecule has 27 heavy (non-hydrogen) atoms. The summed E-state index contributed by atoms with van der Waals surface area (Å²) in [5.74, 6) is -0.0747. The summed E-state index contributed by atoms with van der Waals surface area (Å²) < 4.78 is 8.95. The SMILES string of the molecule is CNC(=O)c1ccccc1Sc1ccc2c(I)nn(C3CCCCO3)c2c1. The van der Waals surface area contributed by atoms with Gasteiger partial charge in [0.2, 0.25) is 0 Å². The molecule has 4 rings (SSSR count). The van der Waals surface area contributed by atoms with Crippen molar-refractivity contribution in [3.8, 4) is 0 Å². The fourth-order valence-corrected chi connectivity index (χ4v) is 4.95. The molecule has 1 fully saturated rings. The molecule has 0 bridgehead atoms. The number of rotatable bonds is 4. The molecule has 0 radical (unpaired) electrons. The van der Waals surface area contributed by atoms with Crippen molar-refractivity contribution >= 4 is 51.2 Å². The molecule has 1 amide bonds. The summed E-state index contributed by atoms with van der Waals surface area (Å²) in [5, 5.41) is 8.57. The summed E-state index contributed by atoms with van der Waals surface area (Å²) >= 11 is 3.87. The highest BCUT2D eigenvalue weighted by molar-refractivity contribution is 14.1. The Hall–Kier alpha value is -1.58. The first-order valence-electron chi connectivity index (χ1n) is 8.95. The molecule has 140 valence electrons. The van der Waals surface area contributed by atoms with Crippen molar-refractivity contribution in [2.75, 3.05) is 13.7 Å². The third kappa shape index (κ3) is 3.86. The Kier molecular flexibility index (Phi) is 5.70. The maximum absolute atomic E-state index is 12.1. The van der Waals surface area contributed by atoms with Gasteiger partial charge in [0.15, 0.2) is 6.23 Å². The molecule has 1 aromatic heterocycles. The standard InChI is InChI=1S/C20H20IN3O2S/c1-22-20(25)15-6-2-3-7-17(15)27-13-9-10-14-16(12-13)24(23-19(14)21)18-8-4-5-11-26-18/h2-3,6-7,9-10,12,18H,4-5,8,11H2,1H3,(H,22,25). The number of halogens is 1. The van der Waals surface area contributed by atoms with Crippen LogP contribution < -0.4 is 5.32 Å². The molecule has 2 aromatic carbocycles. The van der Waals surface area contributed by atoms with Gasteiger partial charge in [0.05, 0.1) is 11.1 Å². The van der Waals surface area contributed by atoms with E-state index >= 15 is 0 Å². The lowest BCUT2D eigenvalue weighted by molar-refractivity contribution is -0.0368. The summed E-state index contributed by atoms with van der Waals surface area (Å²) in [6.45, 7) is 0.788. The van der Waals surface area contributed by atoms with Crippen molar-refractivity contribution < 1.29 is 9.53 Å². The minimum absolute atomic E-state index is 0.00294. The molecule has 1 aliphatic heterocycles. The first kappa shape index (κ1) is 18.8. The van der Waals surface area contributed by atoms with Gasteiger partial charge in [-0.3, -0.25) is 4.79 Å². The quantitative estimate of drug-likeness (QED) is 0.528. The van der Waals surface area contributed by atoms with Crippen LogP contribution in [-0.4, -0.2) is 29.3 Å². The maximum Gasteiger partial charge on any atom is 0.252 e. The van der Waals surface area contributed by atoms with E-state index in [1.54, 1.807) is 18.8 Å². The Bertz CT molecular complexity index is 983. The number of aromatic nitrogens is 2. The van der Waals surface area contributed by atoms with Crippen LogP contribution in [0.2, 0.25) is 0 Å². The summed E-state index contributed by atoms with van der Waals surface area (Å²) in [6, 6.07) is 14.0. The normalized spacial score (nSPS) is 17.2. The third-order valence-electron chi connectivity index (χ3n) is 4.65. The molecular weight excluding hydrogens is 473 g/mol. The van der Waals surface area contributed by atoms with Crippen LogP contribution in [0.5, 0.6) is 0 Å². The Labute approximate surface area is 176 Å². The molecule has 0 aliphatic carbocycles. The first-order chi connectivity index (χ1) is 13.2. The van der Waals surface area contributed by atoms with Crippen LogP contribution >= 0.6 is 34.4 Å². The first-order valence-corrected chi connectivity index (χ1v) is 10.9. The second-order valence-corrected chi connectivity index (χ2v) is 8.55. The predicted octanol–water partition coefficient (Wildman–Crippen LogP) is 4.85. The number of amides is 1. The van der Waals surface area contributed by atoms with Gasteiger partial charge >= 0.3 is 0 Å². The van der Waals surface area contributed by atoms with E-state index in [1.165, 1.54) is 0 Å². The number of nitrogens with zero attached hydrogens (tertiary/aromatic N) is 2. The number of nitrogens with one attached hydrogen (secondary N) is 1. The molecule has 3 aromatic rings. The van der Waals surface area contributed by atoms with E-state index in [-0.39, 0.29) is 12.1 Å². The molecule has 1 N–H and O–H groups in total. The highest BCUT2D eigenvalue weighted by Crippen LogP contribution is 2.35. The third-order valence-corrected chi connectivity index (χ3v) is 6.51. The van der Waals surface area contributed by atoms with Crippen molar-refractivity contribution in [2.24, 2.45) is 0 Å². The van der Waals surface area contributed by atoms with Crippen LogP contribution in [0.25, 0.3) is 10.9 Å². The lowest BCUT2D eigenvalue weighted by Crippen LogP contribution is -2.19. The van der Waals surface area contributed by atoms with Crippen molar-refractivity contribution in [2.45, 2.75) is 35.3 Å². The molecular formula is C20H20IN3O2S. The number of ether oxygens (including phenoxy) is 1. The highest BCUT2D eigenvalue weighted by Gasteiger charge is 2.21. The number of carbonyl (C=O) groups excluding carboxylic acids is 1. The van der Waals surface area contributed by atoms with Crippen LogP contribution in [0.15, 0.2) is 52.3 Å². The van der Waals surface area contributed by atoms with Gasteiger partial charge in [-0.2, -0.15) is 5.10 Å². The topological polar surface area (TPSA) is 56.2 Å². The fourth-order valence-electron chi connectivity index (χ4n) is 3.28. The van der Waals surface area contributed by atoms with Crippen molar-refractivity contribution in [3.05, 3.63) is 51.7 Å². The van der Waals surface area contributed by atoms with Crippen LogP contribution in [0.1, 0.15) is 35.8 Å². The number of carbonyl (C=O) groups is 1. The number of hydrogen-bond acceptors (Lipinski definition) is 4. The largest absolute Gasteiger partial charge is 0.356 e. The van der Waals surface area contributed by atoms with E-state index in [4.69, 9.17) is 9.84 Å². The van der Waals surface area contributed by atoms with Crippen LogP contribution in [-0.2, 0) is 4.74 Å². The molecule has 1 saturated heterocycles. The number of fused-ring (bicyclic) bond motifs is 1. The molecule has 0 spiro atoms.